The highest BCUT2D eigenvalue weighted by Gasteiger charge is 2.28. The number of carbonyl (C=O) groups excluding carboxylic acids is 1. The van der Waals surface area contributed by atoms with Gasteiger partial charge in [-0.3, -0.25) is 14.3 Å². The van der Waals surface area contributed by atoms with Gasteiger partial charge in [0, 0.05) is 29.5 Å². The first kappa shape index (κ1) is 17.9. The molecule has 0 radical (unpaired) electrons. The van der Waals surface area contributed by atoms with Crippen LogP contribution < -0.4 is 15.4 Å². The van der Waals surface area contributed by atoms with Crippen LogP contribution in [-0.4, -0.2) is 20.6 Å². The Morgan fingerprint density at radius 2 is 2.00 bits per heavy atom. The van der Waals surface area contributed by atoms with Gasteiger partial charge in [-0.2, -0.15) is 4.98 Å². The maximum Gasteiger partial charge on any atom is 0.271 e. The second-order valence-electron chi connectivity index (χ2n) is 5.99. The molecular formula is C19H14ClFN4O3. The number of anilines is 2. The smallest absolute Gasteiger partial charge is 0.271 e. The van der Waals surface area contributed by atoms with E-state index in [-0.39, 0.29) is 17.3 Å². The number of halogens is 2. The van der Waals surface area contributed by atoms with Gasteiger partial charge in [0.15, 0.2) is 17.3 Å². The minimum atomic E-state index is -0.787. The molecule has 0 bridgehead atoms. The molecule has 0 spiro atoms. The van der Waals surface area contributed by atoms with Gasteiger partial charge >= 0.3 is 0 Å². The van der Waals surface area contributed by atoms with E-state index in [9.17, 15) is 14.3 Å². The van der Waals surface area contributed by atoms with Crippen LogP contribution in [0.15, 0.2) is 54.7 Å². The zero-order valence-corrected chi connectivity index (χ0v) is 15.1. The number of fused-ring (bicyclic) bond motifs is 1. The molecule has 3 aromatic rings. The normalized spacial score (nSPS) is 12.7. The summed E-state index contributed by atoms with van der Waals surface area (Å²) in [5.41, 5.74) is 6.37. The van der Waals surface area contributed by atoms with Gasteiger partial charge in [-0.15, -0.1) is 0 Å². The van der Waals surface area contributed by atoms with Gasteiger partial charge in [0.05, 0.1) is 0 Å². The van der Waals surface area contributed by atoms with Crippen molar-refractivity contribution >= 4 is 29.1 Å². The van der Waals surface area contributed by atoms with E-state index in [0.717, 1.165) is 17.8 Å². The van der Waals surface area contributed by atoms with E-state index in [1.54, 1.807) is 33.7 Å². The van der Waals surface area contributed by atoms with Crippen LogP contribution in [0.25, 0.3) is 0 Å². The fourth-order valence-corrected chi connectivity index (χ4v) is 3.01. The van der Waals surface area contributed by atoms with Crippen molar-refractivity contribution in [1.29, 1.82) is 0 Å². The van der Waals surface area contributed by atoms with Gasteiger partial charge in [0.1, 0.15) is 5.75 Å². The van der Waals surface area contributed by atoms with Crippen molar-refractivity contribution in [2.24, 2.45) is 5.73 Å². The molecule has 2 heterocycles. The SMILES string of the molecule is NC(=O)c1c(Oc2ccc(F)c(O)c2)nc2n1CC=CN2c1ccc(Cl)cc1. The maximum atomic E-state index is 13.3. The Kier molecular flexibility index (Phi) is 4.40. The van der Waals surface area contributed by atoms with Crippen LogP contribution in [0.4, 0.5) is 16.0 Å². The van der Waals surface area contributed by atoms with E-state index in [0.29, 0.717) is 17.5 Å². The number of benzene rings is 2. The third-order valence-electron chi connectivity index (χ3n) is 4.14. The van der Waals surface area contributed by atoms with E-state index in [1.165, 1.54) is 6.07 Å². The predicted molar refractivity (Wildman–Crippen MR) is 102 cm³/mol. The summed E-state index contributed by atoms with van der Waals surface area (Å²) in [4.78, 5) is 18.2. The zero-order chi connectivity index (χ0) is 19.8. The highest BCUT2D eigenvalue weighted by Crippen LogP contribution is 2.36. The lowest BCUT2D eigenvalue weighted by atomic mass is 10.3. The molecule has 28 heavy (non-hydrogen) atoms. The average Bonchev–Trinajstić information content (AvgIpc) is 3.03. The standard InChI is InChI=1S/C19H14ClFN4O3/c20-11-2-4-12(5-3-11)24-8-1-9-25-16(17(22)27)18(23-19(24)25)28-13-6-7-14(21)15(26)10-13/h1-8,10,26H,9H2,(H2,22,27). The summed E-state index contributed by atoms with van der Waals surface area (Å²) in [7, 11) is 0. The molecule has 7 nitrogen and oxygen atoms in total. The molecule has 142 valence electrons. The number of aromatic hydroxyl groups is 1. The highest BCUT2D eigenvalue weighted by atomic mass is 35.5. The molecule has 1 aliphatic heterocycles. The quantitative estimate of drug-likeness (QED) is 0.691. The van der Waals surface area contributed by atoms with Crippen molar-refractivity contribution in [3.05, 3.63) is 71.3 Å². The number of ether oxygens (including phenoxy) is 1. The zero-order valence-electron chi connectivity index (χ0n) is 14.3. The van der Waals surface area contributed by atoms with Crippen LogP contribution in [0, 0.1) is 5.82 Å². The molecule has 3 N–H and O–H groups in total. The minimum absolute atomic E-state index is 0.0452. The molecule has 1 aromatic heterocycles. The maximum absolute atomic E-state index is 13.3. The molecule has 1 amide bonds. The third-order valence-corrected chi connectivity index (χ3v) is 4.40. The minimum Gasteiger partial charge on any atom is -0.505 e. The summed E-state index contributed by atoms with van der Waals surface area (Å²) in [6, 6.07) is 10.5. The van der Waals surface area contributed by atoms with Crippen molar-refractivity contribution < 1.29 is 19.0 Å². The molecular weight excluding hydrogens is 387 g/mol. The molecule has 0 aliphatic carbocycles. The molecule has 4 rings (SSSR count). The number of phenols is 1. The Labute approximate surface area is 164 Å². The third kappa shape index (κ3) is 3.14. The van der Waals surface area contributed by atoms with E-state index < -0.39 is 17.5 Å². The van der Waals surface area contributed by atoms with Gasteiger partial charge in [0.2, 0.25) is 5.95 Å². The number of nitrogens with zero attached hydrogens (tertiary/aromatic N) is 3. The first-order chi connectivity index (χ1) is 13.4. The lowest BCUT2D eigenvalue weighted by Gasteiger charge is -2.24. The summed E-state index contributed by atoms with van der Waals surface area (Å²) >= 11 is 5.95. The van der Waals surface area contributed by atoms with Crippen LogP contribution in [0.3, 0.4) is 0 Å². The highest BCUT2D eigenvalue weighted by molar-refractivity contribution is 6.30. The second-order valence-corrected chi connectivity index (χ2v) is 6.42. The molecule has 0 unspecified atom stereocenters. The van der Waals surface area contributed by atoms with Gasteiger partial charge in [-0.05, 0) is 42.5 Å². The number of allylic oxidation sites excluding steroid dienone is 1. The number of primary amides is 1. The van der Waals surface area contributed by atoms with Crippen molar-refractivity contribution in [3.8, 4) is 17.4 Å². The molecule has 9 heteroatoms. The van der Waals surface area contributed by atoms with Gasteiger partial charge in [-0.1, -0.05) is 11.6 Å². The lowest BCUT2D eigenvalue weighted by molar-refractivity contribution is 0.0989. The Balaban J connectivity index is 1.78. The van der Waals surface area contributed by atoms with Crippen LogP contribution in [0.2, 0.25) is 5.02 Å². The molecule has 2 aromatic carbocycles. The topological polar surface area (TPSA) is 93.6 Å². The predicted octanol–water partition coefficient (Wildman–Crippen LogP) is 3.94. The van der Waals surface area contributed by atoms with E-state index in [1.807, 2.05) is 12.3 Å². The number of rotatable bonds is 4. The summed E-state index contributed by atoms with van der Waals surface area (Å²) in [6.07, 6.45) is 3.65. The molecule has 1 aliphatic rings. The first-order valence-electron chi connectivity index (χ1n) is 8.22. The van der Waals surface area contributed by atoms with Crippen LogP contribution >= 0.6 is 11.6 Å². The molecule has 0 saturated carbocycles. The van der Waals surface area contributed by atoms with Crippen LogP contribution in [-0.2, 0) is 6.54 Å². The second kappa shape index (κ2) is 6.90. The van der Waals surface area contributed by atoms with Crippen molar-refractivity contribution in [2.45, 2.75) is 6.54 Å². The van der Waals surface area contributed by atoms with Crippen LogP contribution in [0.1, 0.15) is 10.5 Å². The number of carbonyl (C=O) groups is 1. The van der Waals surface area contributed by atoms with Crippen molar-refractivity contribution in [3.63, 3.8) is 0 Å². The molecule has 0 fully saturated rings. The number of phenolic OH excluding ortho intramolecular Hbond substituents is 1. The molecule has 0 atom stereocenters. The van der Waals surface area contributed by atoms with Crippen molar-refractivity contribution in [2.75, 3.05) is 4.90 Å². The first-order valence-corrected chi connectivity index (χ1v) is 8.60. The summed E-state index contributed by atoms with van der Waals surface area (Å²) in [5, 5.41) is 10.1. The van der Waals surface area contributed by atoms with E-state index >= 15 is 0 Å². The summed E-state index contributed by atoms with van der Waals surface area (Å²) in [6.45, 7) is 0.364. The Morgan fingerprint density at radius 1 is 1.25 bits per heavy atom. The van der Waals surface area contributed by atoms with E-state index in [4.69, 9.17) is 22.1 Å². The van der Waals surface area contributed by atoms with E-state index in [2.05, 4.69) is 4.98 Å². The average molecular weight is 401 g/mol. The van der Waals surface area contributed by atoms with Gasteiger partial charge < -0.3 is 15.6 Å². The fourth-order valence-electron chi connectivity index (χ4n) is 2.88. The largest absolute Gasteiger partial charge is 0.505 e. The number of hydrogen-bond acceptors (Lipinski definition) is 5. The van der Waals surface area contributed by atoms with Gasteiger partial charge in [0.25, 0.3) is 11.8 Å². The van der Waals surface area contributed by atoms with Gasteiger partial charge in [-0.25, -0.2) is 4.39 Å². The monoisotopic (exact) mass is 400 g/mol. The van der Waals surface area contributed by atoms with Crippen LogP contribution in [0.5, 0.6) is 17.4 Å². The lowest BCUT2D eigenvalue weighted by Crippen LogP contribution is -2.23. The number of hydrogen-bond donors (Lipinski definition) is 2. The Bertz CT molecular complexity index is 1100. The van der Waals surface area contributed by atoms with Crippen molar-refractivity contribution in [1.82, 2.24) is 9.55 Å². The number of imidazole rings is 1. The number of aromatic nitrogens is 2. The summed E-state index contributed by atoms with van der Waals surface area (Å²) < 4.78 is 20.5. The number of amides is 1. The summed E-state index contributed by atoms with van der Waals surface area (Å²) in [5.74, 6) is -1.61. The Morgan fingerprint density at radius 3 is 2.68 bits per heavy atom. The number of nitrogens with two attached hydrogens (primary N) is 1. The Hall–Kier alpha value is -3.52. The fraction of sp³-hybridized carbons (Fsp3) is 0.0526. The molecule has 0 saturated heterocycles.